The number of rotatable bonds is 7. The fourth-order valence-electron chi connectivity index (χ4n) is 2.46. The number of ether oxygens (including phenoxy) is 2. The number of esters is 2. The van der Waals surface area contributed by atoms with Gasteiger partial charge < -0.3 is 14.8 Å². The number of hydrogen-bond acceptors (Lipinski definition) is 8. The van der Waals surface area contributed by atoms with E-state index in [1.54, 1.807) is 19.9 Å². The van der Waals surface area contributed by atoms with Gasteiger partial charge in [-0.05, 0) is 25.8 Å². The van der Waals surface area contributed by atoms with Crippen molar-refractivity contribution < 1.29 is 23.9 Å². The third-order valence-electron chi connectivity index (χ3n) is 4.12. The quantitative estimate of drug-likeness (QED) is 0.696. The molecule has 0 aliphatic carbocycles. The normalized spacial score (nSPS) is 13.1. The van der Waals surface area contributed by atoms with E-state index >= 15 is 0 Å². The smallest absolute Gasteiger partial charge is 0.378 e. The van der Waals surface area contributed by atoms with E-state index in [0.29, 0.717) is 6.42 Å². The molecule has 10 nitrogen and oxygen atoms in total. The zero-order valence-electron chi connectivity index (χ0n) is 16.0. The van der Waals surface area contributed by atoms with E-state index in [1.807, 2.05) is 13.8 Å². The average molecular weight is 377 g/mol. The fraction of sp³-hybridized carbons (Fsp3) is 0.529. The lowest BCUT2D eigenvalue weighted by atomic mass is 9.99. The molecule has 2 unspecified atom stereocenters. The van der Waals surface area contributed by atoms with E-state index in [0.717, 1.165) is 11.4 Å². The Bertz CT molecular complexity index is 863. The zero-order valence-corrected chi connectivity index (χ0v) is 16.0. The van der Waals surface area contributed by atoms with Crippen LogP contribution in [0.2, 0.25) is 0 Å². The summed E-state index contributed by atoms with van der Waals surface area (Å²) < 4.78 is 11.1. The molecule has 0 saturated heterocycles. The van der Waals surface area contributed by atoms with Crippen LogP contribution in [0, 0.1) is 19.8 Å². The number of carbonyl (C=O) groups excluding carboxylic acids is 3. The molecular formula is C17H23N5O5. The monoisotopic (exact) mass is 377 g/mol. The molecule has 0 aliphatic heterocycles. The molecule has 0 aromatic carbocycles. The van der Waals surface area contributed by atoms with Crippen LogP contribution in [0.1, 0.15) is 42.3 Å². The minimum absolute atomic E-state index is 0.130. The van der Waals surface area contributed by atoms with Crippen LogP contribution in [-0.2, 0) is 19.1 Å². The van der Waals surface area contributed by atoms with Crippen molar-refractivity contribution in [2.45, 2.75) is 40.2 Å². The van der Waals surface area contributed by atoms with Crippen LogP contribution >= 0.6 is 0 Å². The first kappa shape index (κ1) is 20.3. The summed E-state index contributed by atoms with van der Waals surface area (Å²) in [6.07, 6.45) is 0.663. The van der Waals surface area contributed by atoms with Gasteiger partial charge in [0.25, 0.3) is 17.5 Å². The van der Waals surface area contributed by atoms with Gasteiger partial charge in [0.05, 0.1) is 7.11 Å². The summed E-state index contributed by atoms with van der Waals surface area (Å²) in [6.45, 7) is 6.74. The summed E-state index contributed by atoms with van der Waals surface area (Å²) in [5, 5.41) is 6.56. The second-order valence-electron chi connectivity index (χ2n) is 6.22. The summed E-state index contributed by atoms with van der Waals surface area (Å²) in [4.78, 5) is 44.2. The van der Waals surface area contributed by atoms with Crippen molar-refractivity contribution in [1.82, 2.24) is 24.9 Å². The molecule has 1 amide bonds. The average Bonchev–Trinajstić information content (AvgIpc) is 3.07. The van der Waals surface area contributed by atoms with Gasteiger partial charge in [0.2, 0.25) is 0 Å². The van der Waals surface area contributed by atoms with Crippen molar-refractivity contribution in [2.75, 3.05) is 13.7 Å². The predicted octanol–water partition coefficient (Wildman–Crippen LogP) is 0.602. The molecule has 2 atom stereocenters. The molecule has 2 aromatic rings. The van der Waals surface area contributed by atoms with Crippen LogP contribution in [0.4, 0.5) is 0 Å². The molecule has 146 valence electrons. The SMILES string of the molecule is CCC(C)C(NC(=O)COC(=O)c1nc2nc(C)cc(C)n2n1)C(=O)OC. The number of fused-ring (bicyclic) bond motifs is 1. The van der Waals surface area contributed by atoms with Crippen molar-refractivity contribution in [2.24, 2.45) is 5.92 Å². The van der Waals surface area contributed by atoms with E-state index in [9.17, 15) is 14.4 Å². The van der Waals surface area contributed by atoms with Crippen molar-refractivity contribution in [1.29, 1.82) is 0 Å². The summed E-state index contributed by atoms with van der Waals surface area (Å²) >= 11 is 0. The number of aromatic nitrogens is 4. The maximum atomic E-state index is 12.1. The second kappa shape index (κ2) is 8.56. The first-order valence-corrected chi connectivity index (χ1v) is 8.52. The molecule has 1 N–H and O–H groups in total. The number of nitrogens with one attached hydrogen (secondary N) is 1. The Balaban J connectivity index is 2.01. The summed E-state index contributed by atoms with van der Waals surface area (Å²) in [7, 11) is 1.25. The van der Waals surface area contributed by atoms with E-state index in [4.69, 9.17) is 9.47 Å². The van der Waals surface area contributed by atoms with Gasteiger partial charge in [0.1, 0.15) is 6.04 Å². The topological polar surface area (TPSA) is 125 Å². The van der Waals surface area contributed by atoms with Crippen molar-refractivity contribution in [3.05, 3.63) is 23.3 Å². The second-order valence-corrected chi connectivity index (χ2v) is 6.22. The molecule has 2 aromatic heterocycles. The Labute approximate surface area is 156 Å². The highest BCUT2D eigenvalue weighted by atomic mass is 16.5. The third kappa shape index (κ3) is 4.78. The Morgan fingerprint density at radius 1 is 1.26 bits per heavy atom. The largest absolute Gasteiger partial charge is 0.467 e. The Hall–Kier alpha value is -3.04. The maximum Gasteiger partial charge on any atom is 0.378 e. The molecule has 10 heteroatoms. The van der Waals surface area contributed by atoms with Gasteiger partial charge >= 0.3 is 11.9 Å². The lowest BCUT2D eigenvalue weighted by molar-refractivity contribution is -0.147. The van der Waals surface area contributed by atoms with Gasteiger partial charge in [-0.25, -0.2) is 19.1 Å². The van der Waals surface area contributed by atoms with Crippen molar-refractivity contribution in [3.63, 3.8) is 0 Å². The van der Waals surface area contributed by atoms with Gasteiger partial charge in [-0.15, -0.1) is 5.10 Å². The highest BCUT2D eigenvalue weighted by Gasteiger charge is 2.27. The number of methoxy groups -OCH3 is 1. The van der Waals surface area contributed by atoms with Crippen LogP contribution in [0.15, 0.2) is 6.07 Å². The van der Waals surface area contributed by atoms with Crippen molar-refractivity contribution >= 4 is 23.6 Å². The fourth-order valence-corrected chi connectivity index (χ4v) is 2.46. The lowest BCUT2D eigenvalue weighted by Crippen LogP contribution is -2.47. The standard InChI is InChI=1S/C17H23N5O5/c1-6-9(2)13(15(24)26-5)19-12(23)8-27-16(25)14-20-17-18-10(3)7-11(4)22(17)21-14/h7,9,13H,6,8H2,1-5H3,(H,19,23). The highest BCUT2D eigenvalue weighted by molar-refractivity contribution is 5.89. The van der Waals surface area contributed by atoms with E-state index in [1.165, 1.54) is 11.6 Å². The van der Waals surface area contributed by atoms with Gasteiger partial charge in [-0.1, -0.05) is 20.3 Å². The van der Waals surface area contributed by atoms with Gasteiger partial charge in [-0.3, -0.25) is 4.79 Å². The van der Waals surface area contributed by atoms with Crippen molar-refractivity contribution in [3.8, 4) is 0 Å². The predicted molar refractivity (Wildman–Crippen MR) is 93.9 cm³/mol. The molecule has 0 fully saturated rings. The van der Waals surface area contributed by atoms with Crippen LogP contribution in [0.25, 0.3) is 5.78 Å². The zero-order chi connectivity index (χ0) is 20.1. The molecule has 0 spiro atoms. The molecular weight excluding hydrogens is 354 g/mol. The molecule has 0 radical (unpaired) electrons. The van der Waals surface area contributed by atoms with E-state index in [2.05, 4.69) is 20.4 Å². The minimum atomic E-state index is -0.856. The molecule has 2 rings (SSSR count). The number of amides is 1. The Morgan fingerprint density at radius 3 is 2.59 bits per heavy atom. The molecule has 0 saturated carbocycles. The lowest BCUT2D eigenvalue weighted by Gasteiger charge is -2.21. The van der Waals surface area contributed by atoms with Crippen LogP contribution < -0.4 is 5.32 Å². The molecule has 0 aliphatic rings. The van der Waals surface area contributed by atoms with Crippen LogP contribution in [-0.4, -0.2) is 57.2 Å². The van der Waals surface area contributed by atoms with E-state index < -0.39 is 30.5 Å². The first-order chi connectivity index (χ1) is 12.8. The van der Waals surface area contributed by atoms with E-state index in [-0.39, 0.29) is 17.5 Å². The third-order valence-corrected chi connectivity index (χ3v) is 4.12. The molecule has 0 bridgehead atoms. The number of carbonyl (C=O) groups is 3. The Kier molecular flexibility index (Phi) is 6.43. The van der Waals surface area contributed by atoms with Crippen LogP contribution in [0.5, 0.6) is 0 Å². The summed E-state index contributed by atoms with van der Waals surface area (Å²) in [5.41, 5.74) is 1.50. The van der Waals surface area contributed by atoms with Gasteiger partial charge in [-0.2, -0.15) is 4.98 Å². The molecule has 27 heavy (non-hydrogen) atoms. The minimum Gasteiger partial charge on any atom is -0.467 e. The first-order valence-electron chi connectivity index (χ1n) is 8.52. The van der Waals surface area contributed by atoms with Gasteiger partial charge in [0.15, 0.2) is 6.61 Å². The van der Waals surface area contributed by atoms with Crippen LogP contribution in [0.3, 0.4) is 0 Å². The number of aryl methyl sites for hydroxylation is 2. The number of nitrogens with zero attached hydrogens (tertiary/aromatic N) is 4. The summed E-state index contributed by atoms with van der Waals surface area (Å²) in [5.74, 6) is -2.09. The van der Waals surface area contributed by atoms with Gasteiger partial charge in [0, 0.05) is 11.4 Å². The molecule has 2 heterocycles. The Morgan fingerprint density at radius 2 is 1.96 bits per heavy atom. The highest BCUT2D eigenvalue weighted by Crippen LogP contribution is 2.09. The number of hydrogen-bond donors (Lipinski definition) is 1. The summed E-state index contributed by atoms with van der Waals surface area (Å²) in [6, 6.07) is 0.987. The maximum absolute atomic E-state index is 12.1.